The highest BCUT2D eigenvalue weighted by Crippen LogP contribution is 2.25. The number of carbonyl (C=O) groups excluding carboxylic acids is 1. The van der Waals surface area contributed by atoms with Gasteiger partial charge < -0.3 is 10.3 Å². The van der Waals surface area contributed by atoms with E-state index >= 15 is 0 Å². The van der Waals surface area contributed by atoms with Crippen molar-refractivity contribution in [3.63, 3.8) is 0 Å². The van der Waals surface area contributed by atoms with Crippen molar-refractivity contribution in [1.82, 2.24) is 20.3 Å². The highest BCUT2D eigenvalue weighted by atomic mass is 16.1. The molecule has 122 valence electrons. The fourth-order valence-corrected chi connectivity index (χ4v) is 2.84. The molecule has 1 amide bonds. The lowest BCUT2D eigenvalue weighted by Gasteiger charge is -2.18. The molecule has 0 aliphatic rings. The summed E-state index contributed by atoms with van der Waals surface area (Å²) in [5.41, 5.74) is 3.22. The van der Waals surface area contributed by atoms with E-state index in [4.69, 9.17) is 0 Å². The maximum atomic E-state index is 12.6. The summed E-state index contributed by atoms with van der Waals surface area (Å²) in [7, 11) is 0. The third-order valence-corrected chi connectivity index (χ3v) is 4.06. The third kappa shape index (κ3) is 3.12. The maximum Gasteiger partial charge on any atom is 0.270 e. The van der Waals surface area contributed by atoms with Gasteiger partial charge in [0.05, 0.1) is 17.8 Å². The topological polar surface area (TPSA) is 70.7 Å². The Kier molecular flexibility index (Phi) is 3.96. The summed E-state index contributed by atoms with van der Waals surface area (Å²) < 4.78 is 0. The summed E-state index contributed by atoms with van der Waals surface area (Å²) in [6.07, 6.45) is 5.15. The molecule has 4 aromatic rings. The second kappa shape index (κ2) is 6.57. The zero-order chi connectivity index (χ0) is 17.1. The van der Waals surface area contributed by atoms with Crippen molar-refractivity contribution in [2.45, 2.75) is 6.04 Å². The summed E-state index contributed by atoms with van der Waals surface area (Å²) in [6.45, 7) is 0. The van der Waals surface area contributed by atoms with Crippen LogP contribution in [0.4, 0.5) is 0 Å². The molecule has 0 aliphatic carbocycles. The Morgan fingerprint density at radius 2 is 1.84 bits per heavy atom. The summed E-state index contributed by atoms with van der Waals surface area (Å²) in [6, 6.07) is 18.8. The Balaban J connectivity index is 1.73. The van der Waals surface area contributed by atoms with Crippen LogP contribution in [0.25, 0.3) is 10.9 Å². The second-order valence-corrected chi connectivity index (χ2v) is 5.72. The van der Waals surface area contributed by atoms with Crippen molar-refractivity contribution in [2.75, 3.05) is 0 Å². The molecule has 5 heteroatoms. The number of amides is 1. The van der Waals surface area contributed by atoms with Gasteiger partial charge in [-0.15, -0.1) is 0 Å². The van der Waals surface area contributed by atoms with Gasteiger partial charge >= 0.3 is 0 Å². The molecule has 1 aromatic carbocycles. The van der Waals surface area contributed by atoms with Crippen LogP contribution in [0.15, 0.2) is 79.3 Å². The van der Waals surface area contributed by atoms with E-state index < -0.39 is 0 Å². The first-order valence-electron chi connectivity index (χ1n) is 8.01. The van der Waals surface area contributed by atoms with E-state index in [9.17, 15) is 4.79 Å². The van der Waals surface area contributed by atoms with Crippen LogP contribution in [0.1, 0.15) is 27.8 Å². The summed E-state index contributed by atoms with van der Waals surface area (Å²) in [5.74, 6) is -0.216. The number of aromatic nitrogens is 3. The predicted molar refractivity (Wildman–Crippen MR) is 96.1 cm³/mol. The Hall–Kier alpha value is -3.47. The smallest absolute Gasteiger partial charge is 0.270 e. The van der Waals surface area contributed by atoms with Gasteiger partial charge in [0.25, 0.3) is 5.91 Å². The van der Waals surface area contributed by atoms with Crippen molar-refractivity contribution in [3.8, 4) is 0 Å². The van der Waals surface area contributed by atoms with E-state index in [-0.39, 0.29) is 11.9 Å². The lowest BCUT2D eigenvalue weighted by atomic mass is 10.0. The number of H-pyrrole nitrogens is 1. The van der Waals surface area contributed by atoms with Gasteiger partial charge in [0.15, 0.2) is 0 Å². The molecule has 25 heavy (non-hydrogen) atoms. The second-order valence-electron chi connectivity index (χ2n) is 5.72. The molecule has 0 bridgehead atoms. The van der Waals surface area contributed by atoms with E-state index in [2.05, 4.69) is 20.3 Å². The van der Waals surface area contributed by atoms with E-state index in [1.165, 1.54) is 0 Å². The largest absolute Gasteiger partial charge is 0.355 e. The molecule has 0 unspecified atom stereocenters. The Bertz CT molecular complexity index is 963. The van der Waals surface area contributed by atoms with Crippen LogP contribution in [-0.4, -0.2) is 20.9 Å². The SMILES string of the molecule is O=C(N[C@@H](c1ccccc1)c1cc2ccncc2[nH]1)c1ccccn1. The number of hydrogen-bond acceptors (Lipinski definition) is 3. The van der Waals surface area contributed by atoms with Gasteiger partial charge in [-0.25, -0.2) is 0 Å². The van der Waals surface area contributed by atoms with Crippen molar-refractivity contribution in [1.29, 1.82) is 0 Å². The zero-order valence-corrected chi connectivity index (χ0v) is 13.4. The first kappa shape index (κ1) is 15.1. The Labute approximate surface area is 144 Å². The van der Waals surface area contributed by atoms with Crippen molar-refractivity contribution in [2.24, 2.45) is 0 Å². The van der Waals surface area contributed by atoms with Crippen LogP contribution in [0.2, 0.25) is 0 Å². The van der Waals surface area contributed by atoms with Crippen LogP contribution in [0, 0.1) is 0 Å². The standard InChI is InChI=1S/C20H16N4O/c25-20(16-8-4-5-10-22-16)24-19(14-6-2-1-3-7-14)17-12-15-9-11-21-13-18(15)23-17/h1-13,19,23H,(H,24,25)/t19-/m0/s1. The highest BCUT2D eigenvalue weighted by Gasteiger charge is 2.20. The van der Waals surface area contributed by atoms with Crippen LogP contribution in [-0.2, 0) is 0 Å². The van der Waals surface area contributed by atoms with Gasteiger partial charge in [-0.3, -0.25) is 14.8 Å². The van der Waals surface area contributed by atoms with Gasteiger partial charge in [0.1, 0.15) is 5.69 Å². The monoisotopic (exact) mass is 328 g/mol. The van der Waals surface area contributed by atoms with Crippen LogP contribution in [0.5, 0.6) is 0 Å². The average molecular weight is 328 g/mol. The van der Waals surface area contributed by atoms with Crippen LogP contribution in [0.3, 0.4) is 0 Å². The van der Waals surface area contributed by atoms with Crippen molar-refractivity contribution in [3.05, 3.63) is 96.2 Å². The summed E-state index contributed by atoms with van der Waals surface area (Å²) in [4.78, 5) is 24.2. The number of fused-ring (bicyclic) bond motifs is 1. The molecular formula is C20H16N4O. The first-order chi connectivity index (χ1) is 12.3. The summed E-state index contributed by atoms with van der Waals surface area (Å²) >= 11 is 0. The molecule has 2 N–H and O–H groups in total. The summed E-state index contributed by atoms with van der Waals surface area (Å²) in [5, 5.41) is 4.13. The zero-order valence-electron chi connectivity index (χ0n) is 13.4. The number of nitrogens with one attached hydrogen (secondary N) is 2. The first-order valence-corrected chi connectivity index (χ1v) is 8.01. The Morgan fingerprint density at radius 3 is 2.60 bits per heavy atom. The average Bonchev–Trinajstić information content (AvgIpc) is 3.11. The molecule has 0 spiro atoms. The van der Waals surface area contributed by atoms with Crippen LogP contribution >= 0.6 is 0 Å². The number of nitrogens with zero attached hydrogens (tertiary/aromatic N) is 2. The molecule has 0 fully saturated rings. The van der Waals surface area contributed by atoms with Crippen LogP contribution < -0.4 is 5.32 Å². The fraction of sp³-hybridized carbons (Fsp3) is 0.0500. The predicted octanol–water partition coefficient (Wildman–Crippen LogP) is 3.48. The molecule has 4 rings (SSSR count). The molecule has 1 atom stereocenters. The lowest BCUT2D eigenvalue weighted by molar-refractivity contribution is 0.0937. The van der Waals surface area contributed by atoms with Gasteiger partial charge in [0, 0.05) is 23.5 Å². The van der Waals surface area contributed by atoms with Crippen molar-refractivity contribution < 1.29 is 4.79 Å². The van der Waals surface area contributed by atoms with E-state index in [0.717, 1.165) is 22.2 Å². The molecule has 3 aromatic heterocycles. The minimum absolute atomic E-state index is 0.216. The molecule has 3 heterocycles. The minimum atomic E-state index is -0.303. The fourth-order valence-electron chi connectivity index (χ4n) is 2.84. The highest BCUT2D eigenvalue weighted by molar-refractivity contribution is 5.92. The van der Waals surface area contributed by atoms with E-state index in [0.29, 0.717) is 5.69 Å². The minimum Gasteiger partial charge on any atom is -0.355 e. The normalized spacial score (nSPS) is 12.0. The van der Waals surface area contributed by atoms with Gasteiger partial charge in [-0.2, -0.15) is 0 Å². The Morgan fingerprint density at radius 1 is 1.00 bits per heavy atom. The van der Waals surface area contributed by atoms with Gasteiger partial charge in [-0.1, -0.05) is 36.4 Å². The van der Waals surface area contributed by atoms with Gasteiger partial charge in [-0.05, 0) is 29.8 Å². The molecule has 5 nitrogen and oxygen atoms in total. The van der Waals surface area contributed by atoms with E-state index in [1.54, 1.807) is 36.8 Å². The number of pyridine rings is 2. The quantitative estimate of drug-likeness (QED) is 0.602. The maximum absolute atomic E-state index is 12.6. The molecule has 0 saturated heterocycles. The van der Waals surface area contributed by atoms with Crippen molar-refractivity contribution >= 4 is 16.8 Å². The number of rotatable bonds is 4. The molecular weight excluding hydrogens is 312 g/mol. The number of hydrogen-bond donors (Lipinski definition) is 2. The van der Waals surface area contributed by atoms with E-state index in [1.807, 2.05) is 42.5 Å². The lowest BCUT2D eigenvalue weighted by Crippen LogP contribution is -2.30. The number of carbonyl (C=O) groups is 1. The molecule has 0 radical (unpaired) electrons. The molecule has 0 aliphatic heterocycles. The molecule has 0 saturated carbocycles. The number of aromatic amines is 1. The van der Waals surface area contributed by atoms with Gasteiger partial charge in [0.2, 0.25) is 0 Å². The third-order valence-electron chi connectivity index (χ3n) is 4.06. The number of benzene rings is 1.